The minimum atomic E-state index is -0.475. The van der Waals surface area contributed by atoms with Crippen LogP contribution in [0.5, 0.6) is 0 Å². The van der Waals surface area contributed by atoms with E-state index in [9.17, 15) is 4.79 Å². The van der Waals surface area contributed by atoms with E-state index >= 15 is 0 Å². The van der Waals surface area contributed by atoms with Crippen molar-refractivity contribution < 1.29 is 29.2 Å². The molecule has 0 bridgehead atoms. The summed E-state index contributed by atoms with van der Waals surface area (Å²) < 4.78 is 15.1. The number of nitrogens with zero attached hydrogens (tertiary/aromatic N) is 1. The van der Waals surface area contributed by atoms with Gasteiger partial charge < -0.3 is 34.6 Å². The zero-order valence-electron chi connectivity index (χ0n) is 15.1. The van der Waals surface area contributed by atoms with Gasteiger partial charge >= 0.3 is 6.09 Å². The van der Waals surface area contributed by atoms with Gasteiger partial charge in [0.25, 0.3) is 0 Å². The van der Waals surface area contributed by atoms with Crippen LogP contribution in [0.4, 0.5) is 4.79 Å². The Morgan fingerprint density at radius 2 is 1.57 bits per heavy atom. The molecule has 0 fully saturated rings. The van der Waals surface area contributed by atoms with Crippen LogP contribution in [-0.2, 0) is 14.2 Å². The van der Waals surface area contributed by atoms with E-state index in [2.05, 4.69) is 5.32 Å². The second-order valence-corrected chi connectivity index (χ2v) is 5.68. The molecule has 0 aliphatic rings. The molecule has 0 rings (SSSR count). The van der Waals surface area contributed by atoms with Crippen LogP contribution in [0.15, 0.2) is 0 Å². The summed E-state index contributed by atoms with van der Waals surface area (Å²) >= 11 is 0. The zero-order valence-corrected chi connectivity index (χ0v) is 15.1. The van der Waals surface area contributed by atoms with Crippen LogP contribution in [-0.4, -0.2) is 93.6 Å². The highest BCUT2D eigenvalue weighted by atomic mass is 16.6. The number of nitrogens with one attached hydrogen (secondary N) is 1. The number of hydrogen-bond donors (Lipinski definition) is 3. The maximum absolute atomic E-state index is 11.4. The predicted molar refractivity (Wildman–Crippen MR) is 88.6 cm³/mol. The van der Waals surface area contributed by atoms with Crippen molar-refractivity contribution in [3.05, 3.63) is 0 Å². The minimum absolute atomic E-state index is 0.00382. The Hall–Kier alpha value is -0.930. The Morgan fingerprint density at radius 1 is 1.04 bits per heavy atom. The van der Waals surface area contributed by atoms with E-state index in [4.69, 9.17) is 24.4 Å². The lowest BCUT2D eigenvalue weighted by Gasteiger charge is -2.24. The van der Waals surface area contributed by atoms with Gasteiger partial charge in [-0.3, -0.25) is 0 Å². The number of aliphatic hydroxyl groups is 2. The molecule has 0 aromatic heterocycles. The topological polar surface area (TPSA) is 100 Å². The zero-order chi connectivity index (χ0) is 18.1. The average Bonchev–Trinajstić information content (AvgIpc) is 2.47. The molecule has 0 saturated heterocycles. The Balaban J connectivity index is 0. The largest absolute Gasteiger partial charge is 0.444 e. The van der Waals surface area contributed by atoms with Crippen molar-refractivity contribution in [2.24, 2.45) is 0 Å². The fourth-order valence-electron chi connectivity index (χ4n) is 1.14. The molecule has 0 aliphatic carbocycles. The van der Waals surface area contributed by atoms with Crippen molar-refractivity contribution in [1.29, 1.82) is 0 Å². The summed E-state index contributed by atoms with van der Waals surface area (Å²) in [6, 6.07) is 0. The van der Waals surface area contributed by atoms with Gasteiger partial charge in [-0.2, -0.15) is 0 Å². The van der Waals surface area contributed by atoms with Gasteiger partial charge in [0.05, 0.1) is 39.6 Å². The Labute approximate surface area is 139 Å². The van der Waals surface area contributed by atoms with Crippen LogP contribution in [0, 0.1) is 0 Å². The molecule has 0 aliphatic heterocycles. The molecule has 3 N–H and O–H groups in total. The lowest BCUT2D eigenvalue weighted by atomic mass is 10.2. The molecule has 0 spiro atoms. The number of likely N-dealkylation sites (N-methyl/N-ethyl adjacent to an activating group) is 2. The van der Waals surface area contributed by atoms with Gasteiger partial charge in [0, 0.05) is 20.1 Å². The van der Waals surface area contributed by atoms with Gasteiger partial charge in [0.15, 0.2) is 0 Å². The van der Waals surface area contributed by atoms with Crippen molar-refractivity contribution in [1.82, 2.24) is 10.2 Å². The van der Waals surface area contributed by atoms with Gasteiger partial charge in [0.1, 0.15) is 5.60 Å². The van der Waals surface area contributed by atoms with Crippen LogP contribution in [0.1, 0.15) is 20.8 Å². The summed E-state index contributed by atoms with van der Waals surface area (Å²) in [7, 11) is 3.51. The number of aliphatic hydroxyl groups excluding tert-OH is 2. The second-order valence-electron chi connectivity index (χ2n) is 5.68. The lowest BCUT2D eigenvalue weighted by molar-refractivity contribution is 0.0211. The van der Waals surface area contributed by atoms with E-state index in [0.29, 0.717) is 33.0 Å². The molecule has 1 amide bonds. The number of carbonyl (C=O) groups excluding carboxylic acids is 1. The second kappa shape index (κ2) is 15.9. The Kier molecular flexibility index (Phi) is 16.9. The van der Waals surface area contributed by atoms with E-state index in [0.717, 1.165) is 6.54 Å². The normalized spacial score (nSPS) is 10.7. The Morgan fingerprint density at radius 3 is 2.00 bits per heavy atom. The molecule has 140 valence electrons. The monoisotopic (exact) mass is 338 g/mol. The van der Waals surface area contributed by atoms with Gasteiger partial charge in [-0.05, 0) is 27.8 Å². The standard InChI is InChI=1S/C10H21NO4.C5H13NO2/c1-10(2,3)15-9(13)11(4)5-7-14-8-6-12;1-6-2-4-8-5-3-7/h12H,5-8H2,1-4H3;6-7H,2-5H2,1H3. The van der Waals surface area contributed by atoms with Crippen LogP contribution in [0.25, 0.3) is 0 Å². The molecule has 0 aromatic carbocycles. The molecule has 0 atom stereocenters. The summed E-state index contributed by atoms with van der Waals surface area (Å²) in [6.45, 7) is 8.69. The van der Waals surface area contributed by atoms with E-state index in [1.54, 1.807) is 7.05 Å². The van der Waals surface area contributed by atoms with Crippen LogP contribution < -0.4 is 5.32 Å². The smallest absolute Gasteiger partial charge is 0.410 e. The number of ether oxygens (including phenoxy) is 3. The van der Waals surface area contributed by atoms with E-state index in [1.807, 2.05) is 27.8 Å². The molecule has 0 radical (unpaired) electrons. The summed E-state index contributed by atoms with van der Waals surface area (Å²) in [5.74, 6) is 0. The molecule has 23 heavy (non-hydrogen) atoms. The van der Waals surface area contributed by atoms with Gasteiger partial charge in [-0.1, -0.05) is 0 Å². The first-order valence-electron chi connectivity index (χ1n) is 7.74. The molecule has 0 unspecified atom stereocenters. The highest BCUT2D eigenvalue weighted by Crippen LogP contribution is 2.08. The number of carbonyl (C=O) groups is 1. The third-order valence-corrected chi connectivity index (χ3v) is 2.24. The molecule has 8 nitrogen and oxygen atoms in total. The van der Waals surface area contributed by atoms with Crippen molar-refractivity contribution in [3.8, 4) is 0 Å². The lowest BCUT2D eigenvalue weighted by Crippen LogP contribution is -2.36. The number of amides is 1. The fourth-order valence-corrected chi connectivity index (χ4v) is 1.14. The summed E-state index contributed by atoms with van der Waals surface area (Å²) in [4.78, 5) is 12.9. The maximum atomic E-state index is 11.4. The summed E-state index contributed by atoms with van der Waals surface area (Å²) in [5.41, 5.74) is -0.475. The summed E-state index contributed by atoms with van der Waals surface area (Å²) in [6.07, 6.45) is -0.366. The predicted octanol–water partition coefficient (Wildman–Crippen LogP) is 0.0769. The van der Waals surface area contributed by atoms with Crippen LogP contribution in [0.3, 0.4) is 0 Å². The molecule has 0 aromatic rings. The molecule has 0 saturated carbocycles. The first-order chi connectivity index (χ1) is 10.8. The highest BCUT2D eigenvalue weighted by molar-refractivity contribution is 5.67. The first-order valence-corrected chi connectivity index (χ1v) is 7.74. The summed E-state index contributed by atoms with van der Waals surface area (Å²) in [5, 5.41) is 19.6. The molecular formula is C15H34N2O6. The minimum Gasteiger partial charge on any atom is -0.444 e. The van der Waals surface area contributed by atoms with Crippen molar-refractivity contribution >= 4 is 6.09 Å². The van der Waals surface area contributed by atoms with Gasteiger partial charge in [0.2, 0.25) is 0 Å². The van der Waals surface area contributed by atoms with E-state index in [1.165, 1.54) is 4.90 Å². The van der Waals surface area contributed by atoms with Crippen molar-refractivity contribution in [2.45, 2.75) is 26.4 Å². The number of rotatable bonds is 10. The molecule has 0 heterocycles. The molecule has 8 heteroatoms. The molecular weight excluding hydrogens is 304 g/mol. The Bertz CT molecular complexity index is 265. The van der Waals surface area contributed by atoms with Gasteiger partial charge in [-0.15, -0.1) is 0 Å². The van der Waals surface area contributed by atoms with Crippen molar-refractivity contribution in [3.63, 3.8) is 0 Å². The SMILES string of the molecule is CN(CCOCCO)C(=O)OC(C)(C)C.CNCCOCCO. The maximum Gasteiger partial charge on any atom is 0.410 e. The van der Waals surface area contributed by atoms with Crippen molar-refractivity contribution in [2.75, 3.05) is 66.8 Å². The average molecular weight is 338 g/mol. The first kappa shape index (κ1) is 24.3. The fraction of sp³-hybridized carbons (Fsp3) is 0.933. The van der Waals surface area contributed by atoms with E-state index < -0.39 is 5.60 Å². The highest BCUT2D eigenvalue weighted by Gasteiger charge is 2.18. The van der Waals surface area contributed by atoms with E-state index in [-0.39, 0.29) is 19.3 Å². The third-order valence-electron chi connectivity index (χ3n) is 2.24. The third kappa shape index (κ3) is 21.1. The quantitative estimate of drug-likeness (QED) is 0.485. The van der Waals surface area contributed by atoms with Crippen LogP contribution in [0.2, 0.25) is 0 Å². The van der Waals surface area contributed by atoms with Crippen LogP contribution >= 0.6 is 0 Å². The van der Waals surface area contributed by atoms with Gasteiger partial charge in [-0.25, -0.2) is 4.79 Å². The number of hydrogen-bond acceptors (Lipinski definition) is 7.